The quantitative estimate of drug-likeness (QED) is 0.518. The normalized spacial score (nSPS) is 10.9. The molecule has 4 aromatic rings. The molecule has 0 amide bonds. The molecule has 22 heavy (non-hydrogen) atoms. The summed E-state index contributed by atoms with van der Waals surface area (Å²) in [6.45, 7) is 0. The highest BCUT2D eigenvalue weighted by Gasteiger charge is 2.10. The van der Waals surface area contributed by atoms with Crippen molar-refractivity contribution in [2.45, 2.75) is 0 Å². The first kappa shape index (κ1) is 12.6. The maximum absolute atomic E-state index is 10.7. The largest absolute Gasteiger partial charge is 0.453 e. The molecule has 0 saturated heterocycles. The van der Waals surface area contributed by atoms with Crippen LogP contribution in [0.1, 0.15) is 10.6 Å². The molecule has 0 fully saturated rings. The average molecular weight is 289 g/mol. The van der Waals surface area contributed by atoms with E-state index in [1.54, 1.807) is 12.1 Å². The molecule has 0 unspecified atom stereocenters. The maximum Gasteiger partial charge on any atom is 0.227 e. The van der Waals surface area contributed by atoms with Gasteiger partial charge in [0.2, 0.25) is 5.89 Å². The summed E-state index contributed by atoms with van der Waals surface area (Å²) in [5, 5.41) is 0. The molecule has 0 bridgehead atoms. The number of benzene rings is 2. The molecule has 106 valence electrons. The summed E-state index contributed by atoms with van der Waals surface area (Å²) in [5.74, 6) is 1.52. The molecule has 2 aromatic carbocycles. The number of carbonyl (C=O) groups excluding carboxylic acids is 1. The molecule has 0 aliphatic heterocycles. The van der Waals surface area contributed by atoms with Crippen molar-refractivity contribution in [3.63, 3.8) is 0 Å². The number of oxazole rings is 1. The Morgan fingerprint density at radius 2 is 1.73 bits per heavy atom. The lowest BCUT2D eigenvalue weighted by atomic mass is 10.1. The van der Waals surface area contributed by atoms with Crippen LogP contribution in [0, 0.1) is 0 Å². The topological polar surface area (TPSA) is 56.2 Å². The third-order valence-electron chi connectivity index (χ3n) is 3.44. The molecule has 0 spiro atoms. The van der Waals surface area contributed by atoms with Gasteiger partial charge in [-0.2, -0.15) is 0 Å². The van der Waals surface area contributed by atoms with Crippen molar-refractivity contribution in [3.8, 4) is 22.8 Å². The van der Waals surface area contributed by atoms with Gasteiger partial charge < -0.3 is 8.83 Å². The minimum atomic E-state index is 0.306. The van der Waals surface area contributed by atoms with Gasteiger partial charge in [-0.25, -0.2) is 4.98 Å². The molecule has 0 radical (unpaired) electrons. The fourth-order valence-electron chi connectivity index (χ4n) is 2.36. The molecule has 0 aliphatic rings. The van der Waals surface area contributed by atoms with Crippen molar-refractivity contribution in [2.24, 2.45) is 0 Å². The monoisotopic (exact) mass is 289 g/mol. The smallest absolute Gasteiger partial charge is 0.227 e. The van der Waals surface area contributed by atoms with Crippen LogP contribution in [-0.2, 0) is 0 Å². The van der Waals surface area contributed by atoms with Crippen LogP contribution in [0.2, 0.25) is 0 Å². The predicted molar refractivity (Wildman–Crippen MR) is 82.5 cm³/mol. The number of hydrogen-bond acceptors (Lipinski definition) is 4. The van der Waals surface area contributed by atoms with Crippen LogP contribution in [0.4, 0.5) is 0 Å². The van der Waals surface area contributed by atoms with Gasteiger partial charge in [0, 0.05) is 11.1 Å². The van der Waals surface area contributed by atoms with E-state index in [1.165, 1.54) is 0 Å². The standard InChI is InChI=1S/C18H11NO3/c20-11-14-7-9-16(21-14)13-6-8-17-15(10-13)19-18(22-17)12-4-2-1-3-5-12/h1-11H. The van der Waals surface area contributed by atoms with Crippen molar-refractivity contribution < 1.29 is 13.6 Å². The van der Waals surface area contributed by atoms with E-state index in [2.05, 4.69) is 4.98 Å². The lowest BCUT2D eigenvalue weighted by molar-refractivity contribution is 0.110. The van der Waals surface area contributed by atoms with Crippen LogP contribution < -0.4 is 0 Å². The molecule has 4 rings (SSSR count). The number of hydrogen-bond donors (Lipinski definition) is 0. The Morgan fingerprint density at radius 1 is 0.864 bits per heavy atom. The first-order chi connectivity index (χ1) is 10.8. The molecule has 0 N–H and O–H groups in total. The minimum Gasteiger partial charge on any atom is -0.453 e. The fraction of sp³-hybridized carbons (Fsp3) is 0. The number of nitrogens with zero attached hydrogens (tertiary/aromatic N) is 1. The summed E-state index contributed by atoms with van der Waals surface area (Å²) >= 11 is 0. The van der Waals surface area contributed by atoms with Crippen LogP contribution in [0.15, 0.2) is 69.5 Å². The molecule has 0 atom stereocenters. The number of furan rings is 1. The Bertz CT molecular complexity index is 951. The van der Waals surface area contributed by atoms with Gasteiger partial charge in [0.1, 0.15) is 11.3 Å². The summed E-state index contributed by atoms with van der Waals surface area (Å²) in [7, 11) is 0. The van der Waals surface area contributed by atoms with Crippen LogP contribution in [0.25, 0.3) is 33.9 Å². The van der Waals surface area contributed by atoms with Crippen molar-refractivity contribution in [1.29, 1.82) is 0 Å². The van der Waals surface area contributed by atoms with E-state index in [0.29, 0.717) is 29.3 Å². The van der Waals surface area contributed by atoms with E-state index in [1.807, 2.05) is 48.5 Å². The highest BCUT2D eigenvalue weighted by Crippen LogP contribution is 2.29. The van der Waals surface area contributed by atoms with Gasteiger partial charge in [0.05, 0.1) is 0 Å². The van der Waals surface area contributed by atoms with Crippen LogP contribution >= 0.6 is 0 Å². The predicted octanol–water partition coefficient (Wildman–Crippen LogP) is 4.57. The van der Waals surface area contributed by atoms with E-state index < -0.39 is 0 Å². The Labute approximate surface area is 126 Å². The lowest BCUT2D eigenvalue weighted by Gasteiger charge is -1.95. The third kappa shape index (κ3) is 2.11. The highest BCUT2D eigenvalue weighted by molar-refractivity contribution is 5.82. The van der Waals surface area contributed by atoms with E-state index in [-0.39, 0.29) is 0 Å². The van der Waals surface area contributed by atoms with Gasteiger partial charge >= 0.3 is 0 Å². The highest BCUT2D eigenvalue weighted by atomic mass is 16.4. The SMILES string of the molecule is O=Cc1ccc(-c2ccc3oc(-c4ccccc4)nc3c2)o1. The lowest BCUT2D eigenvalue weighted by Crippen LogP contribution is -1.76. The van der Waals surface area contributed by atoms with Crippen LogP contribution in [0.5, 0.6) is 0 Å². The molecule has 2 heterocycles. The molecule has 2 aromatic heterocycles. The van der Waals surface area contributed by atoms with E-state index in [0.717, 1.165) is 16.6 Å². The van der Waals surface area contributed by atoms with E-state index >= 15 is 0 Å². The van der Waals surface area contributed by atoms with Gasteiger partial charge in [-0.15, -0.1) is 0 Å². The van der Waals surface area contributed by atoms with Crippen molar-refractivity contribution in [3.05, 3.63) is 66.4 Å². The Hall–Kier alpha value is -3.14. The van der Waals surface area contributed by atoms with Crippen molar-refractivity contribution in [1.82, 2.24) is 4.98 Å². The summed E-state index contributed by atoms with van der Waals surface area (Å²) in [6.07, 6.45) is 0.686. The Morgan fingerprint density at radius 3 is 2.50 bits per heavy atom. The second-order valence-corrected chi connectivity index (χ2v) is 4.89. The molecular formula is C18H11NO3. The molecule has 0 saturated carbocycles. The van der Waals surface area contributed by atoms with Gasteiger partial charge in [-0.05, 0) is 42.5 Å². The summed E-state index contributed by atoms with van der Waals surface area (Å²) in [4.78, 5) is 15.2. The summed E-state index contributed by atoms with van der Waals surface area (Å²) < 4.78 is 11.2. The second-order valence-electron chi connectivity index (χ2n) is 4.89. The number of aromatic nitrogens is 1. The minimum absolute atomic E-state index is 0.306. The van der Waals surface area contributed by atoms with E-state index in [4.69, 9.17) is 8.83 Å². The Balaban J connectivity index is 1.79. The van der Waals surface area contributed by atoms with Crippen molar-refractivity contribution in [2.75, 3.05) is 0 Å². The number of rotatable bonds is 3. The zero-order valence-electron chi connectivity index (χ0n) is 11.5. The number of fused-ring (bicyclic) bond motifs is 1. The molecule has 4 heteroatoms. The van der Waals surface area contributed by atoms with Gasteiger partial charge in [-0.1, -0.05) is 18.2 Å². The zero-order valence-corrected chi connectivity index (χ0v) is 11.5. The van der Waals surface area contributed by atoms with E-state index in [9.17, 15) is 4.79 Å². The number of aldehydes is 1. The van der Waals surface area contributed by atoms with Crippen molar-refractivity contribution >= 4 is 17.4 Å². The maximum atomic E-state index is 10.7. The van der Waals surface area contributed by atoms with Gasteiger partial charge in [-0.3, -0.25) is 4.79 Å². The fourth-order valence-corrected chi connectivity index (χ4v) is 2.36. The second kappa shape index (κ2) is 5.00. The number of carbonyl (C=O) groups is 1. The van der Waals surface area contributed by atoms with Gasteiger partial charge in [0.25, 0.3) is 0 Å². The first-order valence-corrected chi connectivity index (χ1v) is 6.85. The summed E-state index contributed by atoms with van der Waals surface area (Å²) in [6, 6.07) is 18.8. The molecule has 4 nitrogen and oxygen atoms in total. The summed E-state index contributed by atoms with van der Waals surface area (Å²) in [5.41, 5.74) is 3.25. The van der Waals surface area contributed by atoms with Crippen LogP contribution in [-0.4, -0.2) is 11.3 Å². The Kier molecular flexibility index (Phi) is 2.86. The first-order valence-electron chi connectivity index (χ1n) is 6.85. The molecule has 0 aliphatic carbocycles. The van der Waals surface area contributed by atoms with Gasteiger partial charge in [0.15, 0.2) is 17.6 Å². The molecular weight excluding hydrogens is 278 g/mol. The zero-order chi connectivity index (χ0) is 14.9. The van der Waals surface area contributed by atoms with Crippen LogP contribution in [0.3, 0.4) is 0 Å². The third-order valence-corrected chi connectivity index (χ3v) is 3.44. The average Bonchev–Trinajstić information content (AvgIpc) is 3.21.